The number of likely N-dealkylation sites (tertiary alicyclic amines) is 1. The number of hydrogen-bond donors (Lipinski definition) is 1. The topological polar surface area (TPSA) is 76.2 Å². The highest BCUT2D eigenvalue weighted by Gasteiger charge is 2.23. The van der Waals surface area contributed by atoms with Crippen molar-refractivity contribution in [3.63, 3.8) is 0 Å². The van der Waals surface area contributed by atoms with Crippen LogP contribution in [-0.4, -0.2) is 45.2 Å². The van der Waals surface area contributed by atoms with E-state index in [9.17, 15) is 4.79 Å². The number of nitrogens with zero attached hydrogens (tertiary/aromatic N) is 4. The average Bonchev–Trinajstić information content (AvgIpc) is 3.20. The lowest BCUT2D eigenvalue weighted by atomic mass is 9.98. The first-order valence-electron chi connectivity index (χ1n) is 8.08. The molecule has 0 aromatic carbocycles. The second kappa shape index (κ2) is 7.41. The number of amides is 1. The first kappa shape index (κ1) is 15.7. The highest BCUT2D eigenvalue weighted by Crippen LogP contribution is 2.18. The molecule has 3 heterocycles. The van der Waals surface area contributed by atoms with Crippen molar-refractivity contribution < 1.29 is 9.21 Å². The van der Waals surface area contributed by atoms with Crippen LogP contribution in [0.15, 0.2) is 35.5 Å². The molecule has 1 fully saturated rings. The van der Waals surface area contributed by atoms with E-state index in [1.807, 2.05) is 23.7 Å². The molecule has 0 saturated carbocycles. The Balaban J connectivity index is 1.46. The van der Waals surface area contributed by atoms with Crippen molar-refractivity contribution in [2.75, 3.05) is 19.6 Å². The van der Waals surface area contributed by atoms with Crippen LogP contribution in [0.2, 0.25) is 0 Å². The second-order valence-electron chi connectivity index (χ2n) is 6.17. The van der Waals surface area contributed by atoms with Gasteiger partial charge in [-0.1, -0.05) is 0 Å². The van der Waals surface area contributed by atoms with Crippen LogP contribution in [0.1, 0.15) is 31.6 Å². The summed E-state index contributed by atoms with van der Waals surface area (Å²) in [5.74, 6) is 1.33. The van der Waals surface area contributed by atoms with Crippen LogP contribution in [0.3, 0.4) is 0 Å². The SMILES string of the molecule is C[C@H](NC(=O)CN1CCC[C@@H](Cn2cncn2)C1)c1ccco1. The minimum atomic E-state index is -0.103. The molecule has 1 amide bonds. The van der Waals surface area contributed by atoms with Crippen LogP contribution in [0.4, 0.5) is 0 Å². The summed E-state index contributed by atoms with van der Waals surface area (Å²) in [6, 6.07) is 3.60. The lowest BCUT2D eigenvalue weighted by Gasteiger charge is -2.32. The molecular formula is C16H23N5O2. The Hall–Kier alpha value is -2.15. The van der Waals surface area contributed by atoms with Crippen molar-refractivity contribution in [2.45, 2.75) is 32.4 Å². The van der Waals surface area contributed by atoms with E-state index in [1.165, 1.54) is 6.42 Å². The number of furan rings is 1. The van der Waals surface area contributed by atoms with Gasteiger partial charge in [0, 0.05) is 13.1 Å². The molecule has 0 unspecified atom stereocenters. The third-order valence-corrected chi connectivity index (χ3v) is 4.23. The van der Waals surface area contributed by atoms with E-state index in [-0.39, 0.29) is 11.9 Å². The zero-order valence-corrected chi connectivity index (χ0v) is 13.4. The van der Waals surface area contributed by atoms with E-state index in [4.69, 9.17) is 4.42 Å². The van der Waals surface area contributed by atoms with Crippen LogP contribution in [-0.2, 0) is 11.3 Å². The minimum absolute atomic E-state index is 0.0373. The zero-order chi connectivity index (χ0) is 16.1. The fourth-order valence-electron chi connectivity index (χ4n) is 3.13. The normalized spacial score (nSPS) is 20.3. The number of piperidine rings is 1. The van der Waals surface area contributed by atoms with Gasteiger partial charge < -0.3 is 9.73 Å². The number of carbonyl (C=O) groups is 1. The van der Waals surface area contributed by atoms with E-state index < -0.39 is 0 Å². The Morgan fingerprint density at radius 1 is 1.57 bits per heavy atom. The Kier molecular flexibility index (Phi) is 5.07. The molecule has 2 atom stereocenters. The number of rotatable bonds is 6. The van der Waals surface area contributed by atoms with Crippen LogP contribution in [0.5, 0.6) is 0 Å². The monoisotopic (exact) mass is 317 g/mol. The summed E-state index contributed by atoms with van der Waals surface area (Å²) < 4.78 is 7.19. The van der Waals surface area contributed by atoms with Gasteiger partial charge in [0.15, 0.2) is 0 Å². The highest BCUT2D eigenvalue weighted by atomic mass is 16.3. The van der Waals surface area contributed by atoms with Gasteiger partial charge in [-0.2, -0.15) is 5.10 Å². The molecule has 7 nitrogen and oxygen atoms in total. The standard InChI is InChI=1S/C16H23N5O2/c1-13(15-5-3-7-23-15)19-16(22)10-20-6-2-4-14(8-20)9-21-12-17-11-18-21/h3,5,7,11-14H,2,4,6,8-10H2,1H3,(H,19,22)/t13-,14+/m0/s1. The van der Waals surface area contributed by atoms with Crippen LogP contribution < -0.4 is 5.32 Å². The number of carbonyl (C=O) groups excluding carboxylic acids is 1. The molecule has 2 aromatic heterocycles. The molecule has 23 heavy (non-hydrogen) atoms. The van der Waals surface area contributed by atoms with Crippen molar-refractivity contribution >= 4 is 5.91 Å². The van der Waals surface area contributed by atoms with Crippen LogP contribution in [0.25, 0.3) is 0 Å². The second-order valence-corrected chi connectivity index (χ2v) is 6.17. The van der Waals surface area contributed by atoms with Gasteiger partial charge in [-0.15, -0.1) is 0 Å². The molecule has 124 valence electrons. The largest absolute Gasteiger partial charge is 0.467 e. The lowest BCUT2D eigenvalue weighted by molar-refractivity contribution is -0.123. The van der Waals surface area contributed by atoms with Gasteiger partial charge in [0.1, 0.15) is 18.4 Å². The van der Waals surface area contributed by atoms with E-state index in [0.717, 1.165) is 31.8 Å². The molecule has 0 radical (unpaired) electrons. The maximum absolute atomic E-state index is 12.2. The first-order chi connectivity index (χ1) is 11.2. The molecule has 0 spiro atoms. The summed E-state index contributed by atoms with van der Waals surface area (Å²) in [5, 5.41) is 7.15. The molecule has 3 rings (SSSR count). The molecule has 1 N–H and O–H groups in total. The summed E-state index contributed by atoms with van der Waals surface area (Å²) in [6.07, 6.45) is 7.21. The summed E-state index contributed by atoms with van der Waals surface area (Å²) in [7, 11) is 0. The third-order valence-electron chi connectivity index (χ3n) is 4.23. The fourth-order valence-corrected chi connectivity index (χ4v) is 3.13. The first-order valence-corrected chi connectivity index (χ1v) is 8.08. The van der Waals surface area contributed by atoms with Crippen molar-refractivity contribution in [1.82, 2.24) is 25.0 Å². The van der Waals surface area contributed by atoms with Crippen LogP contribution in [0, 0.1) is 5.92 Å². The molecule has 0 bridgehead atoms. The van der Waals surface area contributed by atoms with Gasteiger partial charge in [-0.3, -0.25) is 14.4 Å². The summed E-state index contributed by atoms with van der Waals surface area (Å²) in [6.45, 7) is 5.11. The zero-order valence-electron chi connectivity index (χ0n) is 13.4. The van der Waals surface area contributed by atoms with E-state index >= 15 is 0 Å². The summed E-state index contributed by atoms with van der Waals surface area (Å²) in [5.41, 5.74) is 0. The number of hydrogen-bond acceptors (Lipinski definition) is 5. The maximum atomic E-state index is 12.2. The quantitative estimate of drug-likeness (QED) is 0.873. The van der Waals surface area contributed by atoms with Crippen LogP contribution >= 0.6 is 0 Å². The summed E-state index contributed by atoms with van der Waals surface area (Å²) in [4.78, 5) is 18.4. The van der Waals surface area contributed by atoms with Crippen molar-refractivity contribution in [3.8, 4) is 0 Å². The van der Waals surface area contributed by atoms with Gasteiger partial charge >= 0.3 is 0 Å². The van der Waals surface area contributed by atoms with Gasteiger partial charge in [-0.25, -0.2) is 4.98 Å². The van der Waals surface area contributed by atoms with Crippen molar-refractivity contribution in [1.29, 1.82) is 0 Å². The molecule has 0 aliphatic carbocycles. The third kappa shape index (κ3) is 4.41. The van der Waals surface area contributed by atoms with E-state index in [2.05, 4.69) is 20.3 Å². The fraction of sp³-hybridized carbons (Fsp3) is 0.562. The lowest BCUT2D eigenvalue weighted by Crippen LogP contribution is -2.43. The Morgan fingerprint density at radius 2 is 2.48 bits per heavy atom. The average molecular weight is 317 g/mol. The van der Waals surface area contributed by atoms with E-state index in [0.29, 0.717) is 12.5 Å². The molecular weight excluding hydrogens is 294 g/mol. The molecule has 1 saturated heterocycles. The Bertz CT molecular complexity index is 596. The molecule has 2 aromatic rings. The van der Waals surface area contributed by atoms with E-state index in [1.54, 1.807) is 18.9 Å². The Labute approximate surface area is 135 Å². The molecule has 1 aliphatic rings. The van der Waals surface area contributed by atoms with Crippen molar-refractivity contribution in [2.24, 2.45) is 5.92 Å². The van der Waals surface area contributed by atoms with Crippen molar-refractivity contribution in [3.05, 3.63) is 36.8 Å². The minimum Gasteiger partial charge on any atom is -0.467 e. The molecule has 1 aliphatic heterocycles. The smallest absolute Gasteiger partial charge is 0.234 e. The van der Waals surface area contributed by atoms with Gasteiger partial charge in [-0.05, 0) is 44.4 Å². The number of nitrogens with one attached hydrogen (secondary N) is 1. The number of aromatic nitrogens is 3. The van der Waals surface area contributed by atoms with Gasteiger partial charge in [0.25, 0.3) is 0 Å². The highest BCUT2D eigenvalue weighted by molar-refractivity contribution is 5.78. The molecule has 7 heteroatoms. The Morgan fingerprint density at radius 3 is 3.22 bits per heavy atom. The van der Waals surface area contributed by atoms with Gasteiger partial charge in [0.2, 0.25) is 5.91 Å². The predicted molar refractivity (Wildman–Crippen MR) is 84.5 cm³/mol. The maximum Gasteiger partial charge on any atom is 0.234 e. The van der Waals surface area contributed by atoms with Gasteiger partial charge in [0.05, 0.1) is 18.8 Å². The predicted octanol–water partition coefficient (Wildman–Crippen LogP) is 1.46. The summed E-state index contributed by atoms with van der Waals surface area (Å²) >= 11 is 0.